The average molecular weight is 275 g/mol. The summed E-state index contributed by atoms with van der Waals surface area (Å²) in [6.45, 7) is 0. The van der Waals surface area contributed by atoms with Crippen LogP contribution in [0.25, 0.3) is 5.69 Å². The lowest BCUT2D eigenvalue weighted by atomic mass is 10.2. The zero-order valence-electron chi connectivity index (χ0n) is 11.0. The number of amides is 1. The second kappa shape index (κ2) is 5.54. The van der Waals surface area contributed by atoms with E-state index in [1.807, 2.05) is 0 Å². The van der Waals surface area contributed by atoms with Gasteiger partial charge >= 0.3 is 0 Å². The Morgan fingerprint density at radius 3 is 2.70 bits per heavy atom. The number of carbonyl (C=O) groups is 1. The Balaban J connectivity index is 2.50. The summed E-state index contributed by atoms with van der Waals surface area (Å²) in [5.74, 6) is -0.360. The standard InChI is InChI=1S/C13H13N3O4/c1-15(20-2)13(19)9-4-3-5-10(8-9)16-12(18)7-6-11(17)14-16/h3-8H,1-2H3,(H,14,17). The summed E-state index contributed by atoms with van der Waals surface area (Å²) in [7, 11) is 2.85. The number of aromatic nitrogens is 2. The fraction of sp³-hybridized carbons (Fsp3) is 0.154. The molecule has 7 nitrogen and oxygen atoms in total. The van der Waals surface area contributed by atoms with Gasteiger partial charge < -0.3 is 0 Å². The molecule has 104 valence electrons. The molecule has 1 aromatic heterocycles. The molecule has 0 unspecified atom stereocenters. The molecule has 7 heteroatoms. The minimum atomic E-state index is -0.407. The minimum Gasteiger partial charge on any atom is -0.274 e. The van der Waals surface area contributed by atoms with Crippen molar-refractivity contribution < 1.29 is 9.63 Å². The molecule has 0 bridgehead atoms. The smallest absolute Gasteiger partial charge is 0.274 e. The van der Waals surface area contributed by atoms with Gasteiger partial charge in [-0.15, -0.1) is 0 Å². The normalized spacial score (nSPS) is 10.3. The average Bonchev–Trinajstić information content (AvgIpc) is 2.48. The summed E-state index contributed by atoms with van der Waals surface area (Å²) in [6, 6.07) is 8.62. The predicted molar refractivity (Wildman–Crippen MR) is 71.8 cm³/mol. The topological polar surface area (TPSA) is 84.4 Å². The van der Waals surface area contributed by atoms with E-state index in [9.17, 15) is 14.4 Å². The molecule has 2 aromatic rings. The Morgan fingerprint density at radius 1 is 1.25 bits per heavy atom. The number of hydroxylamine groups is 2. The van der Waals surface area contributed by atoms with Crippen molar-refractivity contribution >= 4 is 5.91 Å². The van der Waals surface area contributed by atoms with Crippen LogP contribution in [0.1, 0.15) is 10.4 Å². The zero-order valence-corrected chi connectivity index (χ0v) is 11.0. The van der Waals surface area contributed by atoms with Crippen LogP contribution >= 0.6 is 0 Å². The van der Waals surface area contributed by atoms with Crippen molar-refractivity contribution in [1.82, 2.24) is 14.8 Å². The van der Waals surface area contributed by atoms with Crippen molar-refractivity contribution in [2.45, 2.75) is 0 Å². The highest BCUT2D eigenvalue weighted by molar-refractivity contribution is 5.93. The van der Waals surface area contributed by atoms with Gasteiger partial charge in [-0.2, -0.15) is 0 Å². The van der Waals surface area contributed by atoms with Crippen LogP contribution in [0.5, 0.6) is 0 Å². The number of aromatic amines is 1. The van der Waals surface area contributed by atoms with Crippen molar-refractivity contribution in [1.29, 1.82) is 0 Å². The van der Waals surface area contributed by atoms with Gasteiger partial charge in [-0.3, -0.25) is 24.3 Å². The van der Waals surface area contributed by atoms with E-state index in [1.54, 1.807) is 18.2 Å². The third-order valence-corrected chi connectivity index (χ3v) is 2.73. The van der Waals surface area contributed by atoms with E-state index in [0.29, 0.717) is 11.3 Å². The number of rotatable bonds is 3. The summed E-state index contributed by atoms with van der Waals surface area (Å²) < 4.78 is 1.08. The van der Waals surface area contributed by atoms with Gasteiger partial charge in [0.25, 0.3) is 17.0 Å². The number of hydrogen-bond donors (Lipinski definition) is 1. The first-order valence-electron chi connectivity index (χ1n) is 5.78. The molecule has 0 spiro atoms. The van der Waals surface area contributed by atoms with Crippen molar-refractivity contribution in [3.63, 3.8) is 0 Å². The predicted octanol–water partition coefficient (Wildman–Crippen LogP) is 0.159. The molecule has 0 atom stereocenters. The first kappa shape index (κ1) is 13.8. The second-order valence-electron chi connectivity index (χ2n) is 4.02. The molecule has 0 radical (unpaired) electrons. The van der Waals surface area contributed by atoms with Crippen molar-refractivity contribution in [2.75, 3.05) is 14.2 Å². The van der Waals surface area contributed by atoms with Gasteiger partial charge in [0.05, 0.1) is 12.8 Å². The summed E-state index contributed by atoms with van der Waals surface area (Å²) >= 11 is 0. The third-order valence-electron chi connectivity index (χ3n) is 2.73. The van der Waals surface area contributed by atoms with E-state index in [-0.39, 0.29) is 5.91 Å². The lowest BCUT2D eigenvalue weighted by molar-refractivity contribution is -0.0756. The highest BCUT2D eigenvalue weighted by atomic mass is 16.7. The fourth-order valence-electron chi connectivity index (χ4n) is 1.66. The maximum Gasteiger partial charge on any atom is 0.277 e. The molecule has 0 aliphatic rings. The molecule has 0 saturated heterocycles. The number of H-pyrrole nitrogens is 1. The molecule has 1 heterocycles. The molecule has 0 saturated carbocycles. The Bertz CT molecular complexity index is 748. The summed E-state index contributed by atoms with van der Waals surface area (Å²) in [6.07, 6.45) is 0. The SMILES string of the molecule is CON(C)C(=O)c1cccc(-n2[nH]c(=O)ccc2=O)c1. The number of benzene rings is 1. The highest BCUT2D eigenvalue weighted by Gasteiger charge is 2.12. The van der Waals surface area contributed by atoms with E-state index >= 15 is 0 Å². The van der Waals surface area contributed by atoms with Crippen LogP contribution in [-0.4, -0.2) is 34.9 Å². The van der Waals surface area contributed by atoms with E-state index in [1.165, 1.54) is 20.2 Å². The molecule has 1 aromatic carbocycles. The molecule has 2 rings (SSSR count). The number of nitrogens with one attached hydrogen (secondary N) is 1. The molecule has 20 heavy (non-hydrogen) atoms. The lowest BCUT2D eigenvalue weighted by Gasteiger charge is -2.14. The van der Waals surface area contributed by atoms with Gasteiger partial charge in [0, 0.05) is 24.7 Å². The van der Waals surface area contributed by atoms with Gasteiger partial charge in [-0.1, -0.05) is 6.07 Å². The van der Waals surface area contributed by atoms with Gasteiger partial charge in [0.1, 0.15) is 0 Å². The Hall–Kier alpha value is -2.67. The summed E-state index contributed by atoms with van der Waals surface area (Å²) in [5, 5.41) is 3.46. The molecule has 1 amide bonds. The van der Waals surface area contributed by atoms with E-state index in [2.05, 4.69) is 5.10 Å². The van der Waals surface area contributed by atoms with Crippen molar-refractivity contribution in [3.05, 3.63) is 62.7 Å². The molecule has 1 N–H and O–H groups in total. The molecular weight excluding hydrogens is 262 g/mol. The maximum atomic E-state index is 12.0. The summed E-state index contributed by atoms with van der Waals surface area (Å²) in [4.78, 5) is 39.8. The van der Waals surface area contributed by atoms with Crippen LogP contribution in [0.2, 0.25) is 0 Å². The number of hydrogen-bond acceptors (Lipinski definition) is 4. The van der Waals surface area contributed by atoms with Crippen LogP contribution in [0.4, 0.5) is 0 Å². The van der Waals surface area contributed by atoms with E-state index < -0.39 is 11.1 Å². The first-order chi connectivity index (χ1) is 9.52. The van der Waals surface area contributed by atoms with Gasteiger partial charge in [-0.05, 0) is 18.2 Å². The number of nitrogens with zero attached hydrogens (tertiary/aromatic N) is 2. The Kier molecular flexibility index (Phi) is 3.81. The maximum absolute atomic E-state index is 12.0. The van der Waals surface area contributed by atoms with Crippen LogP contribution in [0.15, 0.2) is 46.0 Å². The number of carbonyl (C=O) groups excluding carboxylic acids is 1. The first-order valence-corrected chi connectivity index (χ1v) is 5.78. The minimum absolute atomic E-state index is 0.337. The van der Waals surface area contributed by atoms with Crippen LogP contribution in [0, 0.1) is 0 Å². The second-order valence-corrected chi connectivity index (χ2v) is 4.02. The Morgan fingerprint density at radius 2 is 2.00 bits per heavy atom. The van der Waals surface area contributed by atoms with Gasteiger partial charge in [0.2, 0.25) is 0 Å². The fourth-order valence-corrected chi connectivity index (χ4v) is 1.66. The largest absolute Gasteiger partial charge is 0.277 e. The quantitative estimate of drug-likeness (QED) is 0.809. The molecule has 0 aliphatic heterocycles. The van der Waals surface area contributed by atoms with Crippen molar-refractivity contribution in [3.8, 4) is 5.69 Å². The molecular formula is C13H13N3O4. The Labute approximate surface area is 114 Å². The van der Waals surface area contributed by atoms with Crippen LogP contribution in [-0.2, 0) is 4.84 Å². The lowest BCUT2D eigenvalue weighted by Crippen LogP contribution is -2.28. The van der Waals surface area contributed by atoms with Crippen LogP contribution in [0.3, 0.4) is 0 Å². The van der Waals surface area contributed by atoms with Crippen molar-refractivity contribution in [2.24, 2.45) is 0 Å². The monoisotopic (exact) mass is 275 g/mol. The van der Waals surface area contributed by atoms with Gasteiger partial charge in [-0.25, -0.2) is 9.75 Å². The van der Waals surface area contributed by atoms with Crippen LogP contribution < -0.4 is 11.1 Å². The molecule has 0 aliphatic carbocycles. The third kappa shape index (κ3) is 2.67. The molecule has 0 fully saturated rings. The zero-order chi connectivity index (χ0) is 14.7. The van der Waals surface area contributed by atoms with E-state index in [0.717, 1.165) is 21.9 Å². The van der Waals surface area contributed by atoms with E-state index in [4.69, 9.17) is 4.84 Å². The van der Waals surface area contributed by atoms with Gasteiger partial charge in [0.15, 0.2) is 0 Å². The summed E-state index contributed by atoms with van der Waals surface area (Å²) in [5.41, 5.74) is -0.0730. The highest BCUT2D eigenvalue weighted by Crippen LogP contribution is 2.09.